The van der Waals surface area contributed by atoms with E-state index in [2.05, 4.69) is 10.2 Å². The Bertz CT molecular complexity index is 1390. The first-order chi connectivity index (χ1) is 17.3. The highest BCUT2D eigenvalue weighted by molar-refractivity contribution is 6.31. The third-order valence-corrected chi connectivity index (χ3v) is 6.77. The van der Waals surface area contributed by atoms with Gasteiger partial charge in [-0.15, -0.1) is 0 Å². The molecule has 0 radical (unpaired) electrons. The number of fused-ring (bicyclic) bond motifs is 1. The summed E-state index contributed by atoms with van der Waals surface area (Å²) in [5.41, 5.74) is 4.59. The number of aromatic amines is 1. The first-order valence-corrected chi connectivity index (χ1v) is 12.2. The van der Waals surface area contributed by atoms with Gasteiger partial charge < -0.3 is 14.4 Å². The molecule has 0 bridgehead atoms. The Balaban J connectivity index is 1.50. The molecule has 0 aliphatic carbocycles. The monoisotopic (exact) mass is 501 g/mol. The van der Waals surface area contributed by atoms with Crippen LogP contribution in [0.15, 0.2) is 72.8 Å². The maximum atomic E-state index is 13.5. The van der Waals surface area contributed by atoms with Gasteiger partial charge in [-0.05, 0) is 68.8 Å². The number of rotatable bonds is 6. The lowest BCUT2D eigenvalue weighted by Crippen LogP contribution is -2.44. The number of hydrogen-bond donors (Lipinski definition) is 1. The summed E-state index contributed by atoms with van der Waals surface area (Å²) in [5, 5.41) is 8.23. The summed E-state index contributed by atoms with van der Waals surface area (Å²) in [5.74, 6) is 1.43. The molecule has 4 aromatic rings. The number of methoxy groups -OCH3 is 1. The topological polar surface area (TPSA) is 67.5 Å². The Hall–Kier alpha value is -3.77. The second-order valence-corrected chi connectivity index (χ2v) is 10.2. The summed E-state index contributed by atoms with van der Waals surface area (Å²) in [7, 11) is 1.64. The molecular formula is C29H28ClN3O3. The number of nitrogens with one attached hydrogen (secondary N) is 1. The Morgan fingerprint density at radius 3 is 2.28 bits per heavy atom. The van der Waals surface area contributed by atoms with Gasteiger partial charge in [-0.2, -0.15) is 5.10 Å². The number of carbonyl (C=O) groups is 1. The maximum absolute atomic E-state index is 13.5. The van der Waals surface area contributed by atoms with E-state index in [4.69, 9.17) is 21.1 Å². The van der Waals surface area contributed by atoms with Gasteiger partial charge in [-0.1, -0.05) is 41.9 Å². The molecule has 1 aliphatic rings. The minimum Gasteiger partial charge on any atom is -0.497 e. The lowest BCUT2D eigenvalue weighted by molar-refractivity contribution is 0.0546. The number of nitrogens with zero attached hydrogens (tertiary/aromatic N) is 2. The average molecular weight is 502 g/mol. The van der Waals surface area contributed by atoms with E-state index in [9.17, 15) is 4.79 Å². The zero-order valence-corrected chi connectivity index (χ0v) is 21.5. The van der Waals surface area contributed by atoms with Crippen LogP contribution in [-0.4, -0.2) is 33.7 Å². The van der Waals surface area contributed by atoms with Crippen molar-refractivity contribution in [3.8, 4) is 22.8 Å². The Labute approximate surface area is 215 Å². The number of hydrogen-bond acceptors (Lipinski definition) is 4. The van der Waals surface area contributed by atoms with E-state index in [1.54, 1.807) is 7.11 Å². The van der Waals surface area contributed by atoms with E-state index >= 15 is 0 Å². The first-order valence-electron chi connectivity index (χ1n) is 11.8. The molecule has 184 valence electrons. The van der Waals surface area contributed by atoms with Gasteiger partial charge in [0.2, 0.25) is 0 Å². The summed E-state index contributed by atoms with van der Waals surface area (Å²) in [6, 6.07) is 23.0. The van der Waals surface area contributed by atoms with Crippen LogP contribution in [0.2, 0.25) is 5.02 Å². The quantitative estimate of drug-likeness (QED) is 0.320. The molecule has 1 N–H and O–H groups in total. The third kappa shape index (κ3) is 4.33. The van der Waals surface area contributed by atoms with Crippen LogP contribution in [-0.2, 0) is 6.61 Å². The summed E-state index contributed by atoms with van der Waals surface area (Å²) in [6.07, 6.45) is 0. The third-order valence-electron chi connectivity index (χ3n) is 6.40. The van der Waals surface area contributed by atoms with E-state index in [-0.39, 0.29) is 11.9 Å². The van der Waals surface area contributed by atoms with Crippen molar-refractivity contribution in [1.82, 2.24) is 15.1 Å². The molecule has 5 rings (SSSR count). The average Bonchev–Trinajstić information content (AvgIpc) is 3.43. The van der Waals surface area contributed by atoms with Crippen LogP contribution in [0.5, 0.6) is 11.5 Å². The van der Waals surface area contributed by atoms with E-state index in [1.807, 2.05) is 98.5 Å². The molecule has 0 saturated carbocycles. The van der Waals surface area contributed by atoms with Crippen molar-refractivity contribution in [3.63, 3.8) is 0 Å². The van der Waals surface area contributed by atoms with Crippen molar-refractivity contribution in [2.45, 2.75) is 39.0 Å². The van der Waals surface area contributed by atoms with Gasteiger partial charge in [0.15, 0.2) is 0 Å². The highest BCUT2D eigenvalue weighted by Gasteiger charge is 2.46. The van der Waals surface area contributed by atoms with Crippen molar-refractivity contribution in [1.29, 1.82) is 0 Å². The van der Waals surface area contributed by atoms with Crippen molar-refractivity contribution in [2.75, 3.05) is 7.11 Å². The number of amides is 1. The molecule has 1 aromatic heterocycles. The Morgan fingerprint density at radius 1 is 0.972 bits per heavy atom. The Kier molecular flexibility index (Phi) is 6.22. The highest BCUT2D eigenvalue weighted by atomic mass is 35.5. The predicted molar refractivity (Wildman–Crippen MR) is 141 cm³/mol. The second-order valence-electron chi connectivity index (χ2n) is 9.79. The molecule has 1 aliphatic heterocycles. The van der Waals surface area contributed by atoms with Crippen molar-refractivity contribution in [2.24, 2.45) is 0 Å². The second kappa shape index (κ2) is 9.36. The predicted octanol–water partition coefficient (Wildman–Crippen LogP) is 6.66. The maximum Gasteiger partial charge on any atom is 0.273 e. The smallest absolute Gasteiger partial charge is 0.273 e. The number of benzene rings is 3. The molecule has 1 unspecified atom stereocenters. The number of aromatic nitrogens is 2. The summed E-state index contributed by atoms with van der Waals surface area (Å²) >= 11 is 6.26. The first kappa shape index (κ1) is 23.9. The van der Waals surface area contributed by atoms with E-state index < -0.39 is 5.54 Å². The highest BCUT2D eigenvalue weighted by Crippen LogP contribution is 2.46. The lowest BCUT2D eigenvalue weighted by Gasteiger charge is -2.37. The van der Waals surface area contributed by atoms with Crippen molar-refractivity contribution in [3.05, 3.63) is 100 Å². The van der Waals surface area contributed by atoms with Crippen LogP contribution in [0.3, 0.4) is 0 Å². The lowest BCUT2D eigenvalue weighted by atomic mass is 9.93. The van der Waals surface area contributed by atoms with Gasteiger partial charge in [0.1, 0.15) is 23.8 Å². The fraction of sp³-hybridized carbons (Fsp3) is 0.241. The van der Waals surface area contributed by atoms with Crippen molar-refractivity contribution < 1.29 is 14.3 Å². The zero-order chi connectivity index (χ0) is 25.4. The molecule has 36 heavy (non-hydrogen) atoms. The van der Waals surface area contributed by atoms with E-state index in [0.29, 0.717) is 17.3 Å². The zero-order valence-electron chi connectivity index (χ0n) is 20.7. The molecule has 1 atom stereocenters. The number of halogens is 1. The van der Waals surface area contributed by atoms with Crippen LogP contribution < -0.4 is 9.47 Å². The van der Waals surface area contributed by atoms with Gasteiger partial charge in [-0.25, -0.2) is 0 Å². The normalized spacial score (nSPS) is 15.2. The van der Waals surface area contributed by atoms with Crippen LogP contribution in [0.1, 0.15) is 54.0 Å². The minimum absolute atomic E-state index is 0.0613. The molecular weight excluding hydrogens is 474 g/mol. The summed E-state index contributed by atoms with van der Waals surface area (Å²) in [6.45, 7) is 6.52. The number of H-pyrrole nitrogens is 1. The van der Waals surface area contributed by atoms with Crippen LogP contribution in [0.25, 0.3) is 11.3 Å². The molecule has 0 saturated heterocycles. The molecule has 6 nitrogen and oxygen atoms in total. The van der Waals surface area contributed by atoms with Crippen LogP contribution in [0, 0.1) is 0 Å². The summed E-state index contributed by atoms with van der Waals surface area (Å²) in [4.78, 5) is 15.4. The molecule has 1 amide bonds. The standard InChI is InChI=1S/C29H28ClN3O3/c1-29(2,3)33-27(19-11-15-22(16-12-19)36-17-20-7-5-6-8-23(20)30)24-25(31-32-26(24)28(33)34)18-9-13-21(35-4)14-10-18/h5-16,27H,17H2,1-4H3,(H,31,32). The minimum atomic E-state index is -0.405. The number of ether oxygens (including phenoxy) is 2. The summed E-state index contributed by atoms with van der Waals surface area (Å²) < 4.78 is 11.3. The van der Waals surface area contributed by atoms with Gasteiger partial charge in [-0.3, -0.25) is 9.89 Å². The molecule has 7 heteroatoms. The molecule has 3 aromatic carbocycles. The number of carbonyl (C=O) groups excluding carboxylic acids is 1. The van der Waals surface area contributed by atoms with Gasteiger partial charge in [0, 0.05) is 27.3 Å². The van der Waals surface area contributed by atoms with Gasteiger partial charge >= 0.3 is 0 Å². The molecule has 0 fully saturated rings. The van der Waals surface area contributed by atoms with E-state index in [0.717, 1.165) is 39.4 Å². The van der Waals surface area contributed by atoms with Crippen LogP contribution >= 0.6 is 11.6 Å². The van der Waals surface area contributed by atoms with Gasteiger partial charge in [0.05, 0.1) is 18.8 Å². The Morgan fingerprint density at radius 2 is 1.64 bits per heavy atom. The SMILES string of the molecule is COc1ccc(-c2n[nH]c3c2C(c2ccc(OCc4ccccc4Cl)cc2)N(C(C)(C)C)C3=O)cc1. The fourth-order valence-electron chi connectivity index (χ4n) is 4.65. The largest absolute Gasteiger partial charge is 0.497 e. The van der Waals surface area contributed by atoms with E-state index in [1.165, 1.54) is 0 Å². The fourth-order valence-corrected chi connectivity index (χ4v) is 4.84. The van der Waals surface area contributed by atoms with Gasteiger partial charge in [0.25, 0.3) is 5.91 Å². The van der Waals surface area contributed by atoms with Crippen molar-refractivity contribution >= 4 is 17.5 Å². The molecule has 2 heterocycles. The van der Waals surface area contributed by atoms with Crippen LogP contribution in [0.4, 0.5) is 0 Å². The molecule has 0 spiro atoms.